The minimum Gasteiger partial charge on any atom is -0.336 e. The molecular weight excluding hydrogens is 376 g/mol. The number of hydrogen-bond acceptors (Lipinski definition) is 4. The van der Waals surface area contributed by atoms with Gasteiger partial charge in [-0.3, -0.25) is 14.7 Å². The Labute approximate surface area is 165 Å². The van der Waals surface area contributed by atoms with Crippen LogP contribution in [0, 0.1) is 11.7 Å². The zero-order valence-corrected chi connectivity index (χ0v) is 16.1. The minimum atomic E-state index is -0.268. The molecule has 2 aromatic heterocycles. The number of carbonyl (C=O) groups excluding carboxylic acids is 1. The SMILES string of the molecule is Cc1ccc(-c2csc(NC(=O)c3c[nH]c(=S)n3-c3ccccc3)n2)cc1. The molecule has 0 fully saturated rings. The number of aromatic nitrogens is 3. The summed E-state index contributed by atoms with van der Waals surface area (Å²) in [5.74, 6) is -0.268. The summed E-state index contributed by atoms with van der Waals surface area (Å²) in [5, 5.41) is 5.34. The maximum absolute atomic E-state index is 12.8. The van der Waals surface area contributed by atoms with Gasteiger partial charge in [0.15, 0.2) is 9.90 Å². The Hall–Kier alpha value is -3.03. The van der Waals surface area contributed by atoms with Crippen molar-refractivity contribution in [2.75, 3.05) is 5.32 Å². The second kappa shape index (κ2) is 7.30. The molecule has 2 heterocycles. The summed E-state index contributed by atoms with van der Waals surface area (Å²) in [5.41, 5.74) is 4.31. The number of aryl methyl sites for hydroxylation is 1. The van der Waals surface area contributed by atoms with Crippen LogP contribution in [-0.2, 0) is 0 Å². The molecule has 0 spiro atoms. The number of H-pyrrole nitrogens is 1. The van der Waals surface area contributed by atoms with Gasteiger partial charge in [-0.15, -0.1) is 11.3 Å². The molecule has 0 bridgehead atoms. The summed E-state index contributed by atoms with van der Waals surface area (Å²) >= 11 is 6.72. The van der Waals surface area contributed by atoms with Crippen LogP contribution in [0.15, 0.2) is 66.2 Å². The van der Waals surface area contributed by atoms with Crippen molar-refractivity contribution in [3.8, 4) is 16.9 Å². The standard InChI is InChI=1S/C20H16N4OS2/c1-13-7-9-14(10-8-13)16-12-27-19(22-16)23-18(25)17-11-21-20(26)24(17)15-5-3-2-4-6-15/h2-12H,1H3,(H,21,26)(H,22,23,25). The molecule has 134 valence electrons. The average molecular weight is 393 g/mol. The molecule has 4 aromatic rings. The molecule has 2 aromatic carbocycles. The lowest BCUT2D eigenvalue weighted by molar-refractivity contribution is 0.102. The number of anilines is 1. The van der Waals surface area contributed by atoms with E-state index in [0.29, 0.717) is 15.6 Å². The van der Waals surface area contributed by atoms with Crippen LogP contribution >= 0.6 is 23.6 Å². The van der Waals surface area contributed by atoms with Gasteiger partial charge in [0.05, 0.1) is 5.69 Å². The number of rotatable bonds is 4. The average Bonchev–Trinajstić information content (AvgIpc) is 3.30. The zero-order chi connectivity index (χ0) is 18.8. The molecule has 0 aliphatic rings. The molecule has 27 heavy (non-hydrogen) atoms. The van der Waals surface area contributed by atoms with Crippen molar-refractivity contribution >= 4 is 34.6 Å². The molecule has 0 aliphatic carbocycles. The van der Waals surface area contributed by atoms with Crippen molar-refractivity contribution in [3.63, 3.8) is 0 Å². The number of nitrogens with one attached hydrogen (secondary N) is 2. The van der Waals surface area contributed by atoms with Crippen LogP contribution in [0.4, 0.5) is 5.13 Å². The van der Waals surface area contributed by atoms with Crippen LogP contribution in [0.2, 0.25) is 0 Å². The third-order valence-electron chi connectivity index (χ3n) is 4.10. The molecule has 2 N–H and O–H groups in total. The highest BCUT2D eigenvalue weighted by atomic mass is 32.1. The van der Waals surface area contributed by atoms with Gasteiger partial charge >= 0.3 is 0 Å². The van der Waals surface area contributed by atoms with E-state index in [4.69, 9.17) is 12.2 Å². The van der Waals surface area contributed by atoms with Gasteiger partial charge in [-0.2, -0.15) is 0 Å². The molecule has 0 radical (unpaired) electrons. The first-order valence-electron chi connectivity index (χ1n) is 8.31. The Morgan fingerprint density at radius 1 is 1.15 bits per heavy atom. The van der Waals surface area contributed by atoms with Crippen LogP contribution in [0.25, 0.3) is 16.9 Å². The van der Waals surface area contributed by atoms with E-state index in [1.165, 1.54) is 16.9 Å². The summed E-state index contributed by atoms with van der Waals surface area (Å²) in [6.07, 6.45) is 1.61. The molecule has 0 aliphatic heterocycles. The van der Waals surface area contributed by atoms with Crippen molar-refractivity contribution in [1.82, 2.24) is 14.5 Å². The van der Waals surface area contributed by atoms with Gasteiger partial charge < -0.3 is 4.98 Å². The quantitative estimate of drug-likeness (QED) is 0.468. The summed E-state index contributed by atoms with van der Waals surface area (Å²) in [4.78, 5) is 20.2. The van der Waals surface area contributed by atoms with Gasteiger partial charge in [0.1, 0.15) is 5.69 Å². The van der Waals surface area contributed by atoms with Gasteiger partial charge in [-0.05, 0) is 31.3 Å². The van der Waals surface area contributed by atoms with E-state index >= 15 is 0 Å². The van der Waals surface area contributed by atoms with E-state index in [9.17, 15) is 4.79 Å². The number of para-hydroxylation sites is 1. The molecule has 5 nitrogen and oxygen atoms in total. The molecule has 0 unspecified atom stereocenters. The number of thiazole rings is 1. The lowest BCUT2D eigenvalue weighted by Gasteiger charge is -2.07. The van der Waals surface area contributed by atoms with Crippen molar-refractivity contribution in [1.29, 1.82) is 0 Å². The predicted molar refractivity (Wildman–Crippen MR) is 111 cm³/mol. The molecule has 4 rings (SSSR count). The number of benzene rings is 2. The normalized spacial score (nSPS) is 10.7. The zero-order valence-electron chi connectivity index (χ0n) is 14.5. The molecule has 1 amide bonds. The molecule has 0 atom stereocenters. The fraction of sp³-hybridized carbons (Fsp3) is 0.0500. The van der Waals surface area contributed by atoms with Crippen molar-refractivity contribution in [3.05, 3.63) is 82.2 Å². The Bertz CT molecular complexity index is 1140. The molecular formula is C20H16N4OS2. The topological polar surface area (TPSA) is 62.7 Å². The Balaban J connectivity index is 1.59. The monoisotopic (exact) mass is 392 g/mol. The van der Waals surface area contributed by atoms with Gasteiger partial charge in [0.2, 0.25) is 0 Å². The van der Waals surface area contributed by atoms with E-state index in [2.05, 4.69) is 15.3 Å². The first-order chi connectivity index (χ1) is 13.1. The molecule has 7 heteroatoms. The highest BCUT2D eigenvalue weighted by Crippen LogP contribution is 2.25. The fourth-order valence-electron chi connectivity index (χ4n) is 2.72. The van der Waals surface area contributed by atoms with Crippen LogP contribution < -0.4 is 5.32 Å². The minimum absolute atomic E-state index is 0.268. The second-order valence-electron chi connectivity index (χ2n) is 6.01. The first-order valence-corrected chi connectivity index (χ1v) is 9.60. The number of imidazole rings is 1. The fourth-order valence-corrected chi connectivity index (χ4v) is 3.70. The Morgan fingerprint density at radius 3 is 2.63 bits per heavy atom. The maximum Gasteiger partial charge on any atom is 0.276 e. The van der Waals surface area contributed by atoms with Crippen LogP contribution in [0.1, 0.15) is 16.1 Å². The van der Waals surface area contributed by atoms with Gasteiger partial charge in [-0.1, -0.05) is 48.0 Å². The lowest BCUT2D eigenvalue weighted by atomic mass is 10.1. The largest absolute Gasteiger partial charge is 0.336 e. The highest BCUT2D eigenvalue weighted by Gasteiger charge is 2.16. The Morgan fingerprint density at radius 2 is 1.89 bits per heavy atom. The highest BCUT2D eigenvalue weighted by molar-refractivity contribution is 7.71. The van der Waals surface area contributed by atoms with Crippen molar-refractivity contribution in [2.45, 2.75) is 6.92 Å². The van der Waals surface area contributed by atoms with E-state index in [-0.39, 0.29) is 5.91 Å². The summed E-state index contributed by atoms with van der Waals surface area (Å²) in [6.45, 7) is 2.04. The van der Waals surface area contributed by atoms with E-state index in [1.54, 1.807) is 10.8 Å². The summed E-state index contributed by atoms with van der Waals surface area (Å²) in [7, 11) is 0. The van der Waals surface area contributed by atoms with E-state index in [0.717, 1.165) is 16.9 Å². The van der Waals surface area contributed by atoms with Crippen LogP contribution in [0.5, 0.6) is 0 Å². The van der Waals surface area contributed by atoms with E-state index < -0.39 is 0 Å². The summed E-state index contributed by atoms with van der Waals surface area (Å²) in [6, 6.07) is 17.7. The first kappa shape index (κ1) is 17.4. The maximum atomic E-state index is 12.8. The lowest BCUT2D eigenvalue weighted by Crippen LogP contribution is -2.16. The Kier molecular flexibility index (Phi) is 4.70. The number of amides is 1. The van der Waals surface area contributed by atoms with Crippen molar-refractivity contribution < 1.29 is 4.79 Å². The third kappa shape index (κ3) is 3.60. The second-order valence-corrected chi connectivity index (χ2v) is 7.25. The number of aromatic amines is 1. The van der Waals surface area contributed by atoms with Gasteiger partial charge in [-0.25, -0.2) is 4.98 Å². The van der Waals surface area contributed by atoms with Gasteiger partial charge in [0.25, 0.3) is 5.91 Å². The number of nitrogens with zero attached hydrogens (tertiary/aromatic N) is 2. The van der Waals surface area contributed by atoms with Crippen molar-refractivity contribution in [2.24, 2.45) is 0 Å². The predicted octanol–water partition coefficient (Wildman–Crippen LogP) is 5.22. The molecule has 0 saturated heterocycles. The van der Waals surface area contributed by atoms with E-state index in [1.807, 2.05) is 66.9 Å². The van der Waals surface area contributed by atoms with Crippen LogP contribution in [-0.4, -0.2) is 20.4 Å². The van der Waals surface area contributed by atoms with Gasteiger partial charge in [0, 0.05) is 22.8 Å². The summed E-state index contributed by atoms with van der Waals surface area (Å²) < 4.78 is 2.17. The smallest absolute Gasteiger partial charge is 0.276 e. The van der Waals surface area contributed by atoms with Crippen LogP contribution in [0.3, 0.4) is 0 Å². The number of carbonyl (C=O) groups is 1. The number of hydrogen-bond donors (Lipinski definition) is 2. The molecule has 0 saturated carbocycles. The third-order valence-corrected chi connectivity index (χ3v) is 5.15.